The minimum Gasteiger partial charge on any atom is -0.459 e. The molecule has 0 bridgehead atoms. The molecule has 1 aliphatic carbocycles. The molecule has 7 heteroatoms. The van der Waals surface area contributed by atoms with Crippen LogP contribution in [0.2, 0.25) is 0 Å². The zero-order valence-electron chi connectivity index (χ0n) is 18.6. The molecule has 3 unspecified atom stereocenters. The van der Waals surface area contributed by atoms with Crippen LogP contribution in [0.1, 0.15) is 86.5 Å². The highest BCUT2D eigenvalue weighted by atomic mass is 19.4. The van der Waals surface area contributed by atoms with Crippen LogP contribution in [-0.2, 0) is 14.3 Å². The second-order valence-corrected chi connectivity index (χ2v) is 8.97. The molecule has 29 heavy (non-hydrogen) atoms. The van der Waals surface area contributed by atoms with Crippen LogP contribution in [0.25, 0.3) is 0 Å². The third-order valence-electron chi connectivity index (χ3n) is 6.66. The van der Waals surface area contributed by atoms with Crippen LogP contribution in [0.4, 0.5) is 13.2 Å². The lowest BCUT2D eigenvalue weighted by atomic mass is 9.76. The molecule has 1 fully saturated rings. The largest absolute Gasteiger partial charge is 0.459 e. The van der Waals surface area contributed by atoms with Gasteiger partial charge < -0.3 is 14.6 Å². The molecule has 0 amide bonds. The Labute approximate surface area is 172 Å². The normalized spacial score (nSPS) is 23.8. The average Bonchev–Trinajstić information content (AvgIpc) is 2.84. The van der Waals surface area contributed by atoms with Crippen LogP contribution in [0.15, 0.2) is 12.2 Å². The number of carbonyl (C=O) groups is 1. The SMILES string of the molecule is C=C(C)C(=O)OC1CCCC(C(CC)(CC)OC(C)(C)C(C)(O)C(F)(F)F)CC1. The van der Waals surface area contributed by atoms with Crippen LogP contribution in [-0.4, -0.2) is 40.2 Å². The van der Waals surface area contributed by atoms with E-state index in [1.807, 2.05) is 13.8 Å². The Bertz CT molecular complexity index is 577. The van der Waals surface area contributed by atoms with Crippen molar-refractivity contribution in [3.05, 3.63) is 12.2 Å². The van der Waals surface area contributed by atoms with E-state index in [0.29, 0.717) is 37.7 Å². The van der Waals surface area contributed by atoms with E-state index in [4.69, 9.17) is 9.47 Å². The van der Waals surface area contributed by atoms with Crippen molar-refractivity contribution in [2.24, 2.45) is 5.92 Å². The van der Waals surface area contributed by atoms with Gasteiger partial charge in [-0.2, -0.15) is 13.2 Å². The summed E-state index contributed by atoms with van der Waals surface area (Å²) in [5.74, 6) is -0.404. The smallest absolute Gasteiger partial charge is 0.419 e. The summed E-state index contributed by atoms with van der Waals surface area (Å²) in [6.07, 6.45) is -0.388. The number of hydrogen-bond acceptors (Lipinski definition) is 4. The number of esters is 1. The van der Waals surface area contributed by atoms with E-state index in [0.717, 1.165) is 19.8 Å². The molecule has 1 rings (SSSR count). The molecule has 1 N–H and O–H groups in total. The van der Waals surface area contributed by atoms with Crippen LogP contribution < -0.4 is 0 Å². The highest BCUT2D eigenvalue weighted by molar-refractivity contribution is 5.87. The predicted octanol–water partition coefficient (Wildman–Crippen LogP) is 5.72. The third kappa shape index (κ3) is 5.75. The first-order valence-corrected chi connectivity index (χ1v) is 10.5. The van der Waals surface area contributed by atoms with Crippen molar-refractivity contribution in [3.63, 3.8) is 0 Å². The summed E-state index contributed by atoms with van der Waals surface area (Å²) in [6.45, 7) is 12.4. The van der Waals surface area contributed by atoms with Gasteiger partial charge in [-0.25, -0.2) is 4.79 Å². The lowest BCUT2D eigenvalue weighted by Gasteiger charge is -2.50. The molecule has 170 valence electrons. The maximum Gasteiger partial charge on any atom is 0.419 e. The molecule has 0 saturated heterocycles. The Morgan fingerprint density at radius 1 is 1.07 bits per heavy atom. The van der Waals surface area contributed by atoms with Crippen molar-refractivity contribution in [1.29, 1.82) is 0 Å². The fraction of sp³-hybridized carbons (Fsp3) is 0.864. The highest BCUT2D eigenvalue weighted by Gasteiger charge is 2.62. The second kappa shape index (κ2) is 9.38. The molecular weight excluding hydrogens is 385 g/mol. The van der Waals surface area contributed by atoms with Crippen molar-refractivity contribution in [2.45, 2.75) is 116 Å². The van der Waals surface area contributed by atoms with Crippen molar-refractivity contribution >= 4 is 5.97 Å². The number of hydrogen-bond donors (Lipinski definition) is 1. The molecule has 0 heterocycles. The fourth-order valence-electron chi connectivity index (χ4n) is 4.17. The number of ether oxygens (including phenoxy) is 2. The van der Waals surface area contributed by atoms with Gasteiger partial charge in [-0.3, -0.25) is 0 Å². The van der Waals surface area contributed by atoms with E-state index in [1.54, 1.807) is 6.92 Å². The molecule has 0 aromatic rings. The molecular formula is C22H37F3O4. The summed E-state index contributed by atoms with van der Waals surface area (Å²) in [7, 11) is 0. The van der Waals surface area contributed by atoms with Crippen molar-refractivity contribution in [1.82, 2.24) is 0 Å². The molecule has 0 spiro atoms. The maximum absolute atomic E-state index is 13.5. The Hall–Kier alpha value is -1.08. The summed E-state index contributed by atoms with van der Waals surface area (Å²) < 4.78 is 52.1. The van der Waals surface area contributed by atoms with Crippen molar-refractivity contribution < 1.29 is 32.5 Å². The van der Waals surface area contributed by atoms with Gasteiger partial charge in [0.25, 0.3) is 0 Å². The zero-order chi connectivity index (χ0) is 22.7. The Morgan fingerprint density at radius 2 is 1.62 bits per heavy atom. The Morgan fingerprint density at radius 3 is 2.07 bits per heavy atom. The molecule has 0 radical (unpaired) electrons. The number of aliphatic hydroxyl groups is 1. The van der Waals surface area contributed by atoms with Crippen LogP contribution in [0.5, 0.6) is 0 Å². The fourth-order valence-corrected chi connectivity index (χ4v) is 4.17. The van der Waals surface area contributed by atoms with Gasteiger partial charge in [0.2, 0.25) is 0 Å². The van der Waals surface area contributed by atoms with Crippen LogP contribution in [0, 0.1) is 5.92 Å². The predicted molar refractivity (Wildman–Crippen MR) is 106 cm³/mol. The average molecular weight is 423 g/mol. The molecule has 1 aliphatic rings. The van der Waals surface area contributed by atoms with E-state index in [1.165, 1.54) is 13.8 Å². The highest BCUT2D eigenvalue weighted by Crippen LogP contribution is 2.47. The number of rotatable bonds is 8. The summed E-state index contributed by atoms with van der Waals surface area (Å²) in [5.41, 5.74) is -5.26. The van der Waals surface area contributed by atoms with E-state index in [9.17, 15) is 23.1 Å². The van der Waals surface area contributed by atoms with Crippen LogP contribution >= 0.6 is 0 Å². The van der Waals surface area contributed by atoms with E-state index < -0.39 is 28.9 Å². The number of carbonyl (C=O) groups excluding carboxylic acids is 1. The number of alkyl halides is 3. The molecule has 4 nitrogen and oxygen atoms in total. The van der Waals surface area contributed by atoms with Gasteiger partial charge in [0.05, 0.1) is 5.60 Å². The van der Waals surface area contributed by atoms with Crippen molar-refractivity contribution in [3.8, 4) is 0 Å². The summed E-state index contributed by atoms with van der Waals surface area (Å²) >= 11 is 0. The van der Waals surface area contributed by atoms with Gasteiger partial charge in [0.1, 0.15) is 11.7 Å². The minimum absolute atomic E-state index is 0.00865. The standard InChI is InChI=1S/C22H37F3O4/c1-8-21(9-2,29-19(5,6)20(7,27)22(23,24)25)16-11-10-12-17(14-13-16)28-18(26)15(3)4/h16-17,27H,3,8-14H2,1-2,4-7H3. The van der Waals surface area contributed by atoms with Gasteiger partial charge in [-0.15, -0.1) is 0 Å². The van der Waals surface area contributed by atoms with E-state index in [2.05, 4.69) is 6.58 Å². The molecule has 0 aromatic carbocycles. The first-order chi connectivity index (χ1) is 13.1. The Kier molecular flexibility index (Phi) is 8.39. The van der Waals surface area contributed by atoms with Gasteiger partial charge >= 0.3 is 12.1 Å². The molecule has 0 aliphatic heterocycles. The second-order valence-electron chi connectivity index (χ2n) is 8.97. The van der Waals surface area contributed by atoms with Gasteiger partial charge in [-0.1, -0.05) is 20.4 Å². The summed E-state index contributed by atoms with van der Waals surface area (Å²) in [4.78, 5) is 11.8. The summed E-state index contributed by atoms with van der Waals surface area (Å²) in [5, 5.41) is 10.3. The molecule has 3 atom stereocenters. The van der Waals surface area contributed by atoms with Crippen molar-refractivity contribution in [2.75, 3.05) is 0 Å². The van der Waals surface area contributed by atoms with Gasteiger partial charge in [0, 0.05) is 5.57 Å². The monoisotopic (exact) mass is 422 g/mol. The maximum atomic E-state index is 13.5. The lowest BCUT2D eigenvalue weighted by molar-refractivity contribution is -0.335. The summed E-state index contributed by atoms with van der Waals surface area (Å²) in [6, 6.07) is 0. The van der Waals surface area contributed by atoms with E-state index >= 15 is 0 Å². The quantitative estimate of drug-likeness (QED) is 0.309. The minimum atomic E-state index is -4.81. The lowest BCUT2D eigenvalue weighted by Crippen LogP contribution is -2.62. The van der Waals surface area contributed by atoms with Crippen LogP contribution in [0.3, 0.4) is 0 Å². The topological polar surface area (TPSA) is 55.8 Å². The molecule has 0 aromatic heterocycles. The van der Waals surface area contributed by atoms with Gasteiger partial charge in [-0.05, 0) is 78.6 Å². The zero-order valence-corrected chi connectivity index (χ0v) is 18.6. The Balaban J connectivity index is 3.03. The van der Waals surface area contributed by atoms with E-state index in [-0.39, 0.29) is 12.0 Å². The molecule has 1 saturated carbocycles. The number of halogens is 3. The first-order valence-electron chi connectivity index (χ1n) is 10.5. The first kappa shape index (κ1) is 26.0. The third-order valence-corrected chi connectivity index (χ3v) is 6.66. The van der Waals surface area contributed by atoms with Gasteiger partial charge in [0.15, 0.2) is 5.60 Å².